The number of phenolic OH excluding ortho intramolecular Hbond substituents is 1. The van der Waals surface area contributed by atoms with Crippen molar-refractivity contribution in [3.05, 3.63) is 24.3 Å². The number of carbonyl (C=O) groups is 1. The zero-order valence-corrected chi connectivity index (χ0v) is 14.5. The molecule has 1 aromatic carbocycles. The number of rotatable bonds is 2. The molecule has 2 N–H and O–H groups in total. The second-order valence-electron chi connectivity index (χ2n) is 7.21. The Morgan fingerprint density at radius 3 is 2.62 bits per heavy atom. The lowest BCUT2D eigenvalue weighted by atomic mass is 9.94. The molecule has 1 aromatic rings. The number of para-hydroxylation sites is 2. The van der Waals surface area contributed by atoms with Crippen LogP contribution in [0.4, 0.5) is 10.5 Å². The molecule has 2 saturated heterocycles. The van der Waals surface area contributed by atoms with Gasteiger partial charge in [-0.1, -0.05) is 12.1 Å². The van der Waals surface area contributed by atoms with Crippen molar-refractivity contribution < 1.29 is 14.6 Å². The maximum atomic E-state index is 12.5. The van der Waals surface area contributed by atoms with Crippen LogP contribution in [-0.4, -0.2) is 60.5 Å². The molecular weight excluding hydrogens is 306 g/mol. The first-order valence-corrected chi connectivity index (χ1v) is 8.67. The van der Waals surface area contributed by atoms with Gasteiger partial charge in [0, 0.05) is 38.8 Å². The Labute approximate surface area is 143 Å². The normalized spacial score (nSPS) is 23.8. The molecule has 0 bridgehead atoms. The summed E-state index contributed by atoms with van der Waals surface area (Å²) in [7, 11) is 0. The van der Waals surface area contributed by atoms with Gasteiger partial charge in [-0.15, -0.1) is 0 Å². The van der Waals surface area contributed by atoms with E-state index in [0.717, 1.165) is 31.6 Å². The highest BCUT2D eigenvalue weighted by Gasteiger charge is 2.31. The van der Waals surface area contributed by atoms with E-state index in [9.17, 15) is 9.90 Å². The van der Waals surface area contributed by atoms with E-state index in [0.29, 0.717) is 25.4 Å². The number of hydrogen-bond acceptors (Lipinski definition) is 4. The quantitative estimate of drug-likeness (QED) is 0.871. The van der Waals surface area contributed by atoms with Crippen LogP contribution in [0.5, 0.6) is 5.75 Å². The molecule has 2 fully saturated rings. The first-order valence-electron chi connectivity index (χ1n) is 8.67. The van der Waals surface area contributed by atoms with Gasteiger partial charge in [0.2, 0.25) is 0 Å². The molecule has 0 radical (unpaired) electrons. The summed E-state index contributed by atoms with van der Waals surface area (Å²) in [4.78, 5) is 16.5. The smallest absolute Gasteiger partial charge is 0.317 e. The summed E-state index contributed by atoms with van der Waals surface area (Å²) >= 11 is 0. The van der Waals surface area contributed by atoms with Gasteiger partial charge < -0.3 is 25.0 Å². The van der Waals surface area contributed by atoms with Crippen molar-refractivity contribution in [2.24, 2.45) is 0 Å². The summed E-state index contributed by atoms with van der Waals surface area (Å²) in [6.45, 7) is 7.60. The van der Waals surface area contributed by atoms with Gasteiger partial charge in [0.1, 0.15) is 5.75 Å². The van der Waals surface area contributed by atoms with Gasteiger partial charge in [0.15, 0.2) is 0 Å². The zero-order chi connectivity index (χ0) is 17.2. The van der Waals surface area contributed by atoms with E-state index >= 15 is 0 Å². The van der Waals surface area contributed by atoms with E-state index < -0.39 is 0 Å². The molecular formula is C18H27N3O3. The number of urea groups is 1. The average molecular weight is 333 g/mol. The van der Waals surface area contributed by atoms with Gasteiger partial charge in [0.25, 0.3) is 0 Å². The second-order valence-corrected chi connectivity index (χ2v) is 7.21. The van der Waals surface area contributed by atoms with Crippen LogP contribution in [0, 0.1) is 0 Å². The number of hydrogen-bond donors (Lipinski definition) is 2. The monoisotopic (exact) mass is 333 g/mol. The highest BCUT2D eigenvalue weighted by atomic mass is 16.5. The molecule has 2 aliphatic rings. The van der Waals surface area contributed by atoms with Crippen LogP contribution in [0.25, 0.3) is 0 Å². The minimum atomic E-state index is -0.167. The largest absolute Gasteiger partial charge is 0.506 e. The summed E-state index contributed by atoms with van der Waals surface area (Å²) in [5, 5.41) is 13.1. The third kappa shape index (κ3) is 3.93. The SMILES string of the molecule is CC1(C)CC(NC(=O)N2CCN(c3ccccc3O)CC2)CCO1. The molecule has 2 aliphatic heterocycles. The summed E-state index contributed by atoms with van der Waals surface area (Å²) in [6.07, 6.45) is 1.71. The third-order valence-electron chi connectivity index (χ3n) is 4.81. The maximum absolute atomic E-state index is 12.5. The maximum Gasteiger partial charge on any atom is 0.317 e. The predicted molar refractivity (Wildman–Crippen MR) is 93.5 cm³/mol. The Kier molecular flexibility index (Phi) is 4.85. The first kappa shape index (κ1) is 16.9. The summed E-state index contributed by atoms with van der Waals surface area (Å²) in [6, 6.07) is 7.53. The van der Waals surface area contributed by atoms with E-state index in [1.807, 2.05) is 23.1 Å². The molecule has 1 unspecified atom stereocenters. The standard InChI is InChI=1S/C18H27N3O3/c1-18(2)13-14(7-12-24-18)19-17(23)21-10-8-20(9-11-21)15-5-3-4-6-16(15)22/h3-6,14,22H,7-13H2,1-2H3,(H,19,23). The molecule has 6 nitrogen and oxygen atoms in total. The molecule has 0 spiro atoms. The van der Waals surface area contributed by atoms with E-state index in [2.05, 4.69) is 24.1 Å². The van der Waals surface area contributed by atoms with Gasteiger partial charge in [-0.05, 0) is 38.8 Å². The number of benzene rings is 1. The van der Waals surface area contributed by atoms with Crippen molar-refractivity contribution in [3.63, 3.8) is 0 Å². The van der Waals surface area contributed by atoms with E-state index in [-0.39, 0.29) is 17.7 Å². The van der Waals surface area contributed by atoms with Crippen molar-refractivity contribution >= 4 is 11.7 Å². The Balaban J connectivity index is 1.51. The minimum absolute atomic E-state index is 0.00892. The number of carbonyl (C=O) groups excluding carboxylic acids is 1. The molecule has 2 heterocycles. The van der Waals surface area contributed by atoms with Crippen molar-refractivity contribution in [2.45, 2.75) is 38.3 Å². The van der Waals surface area contributed by atoms with Gasteiger partial charge >= 0.3 is 6.03 Å². The fourth-order valence-electron chi connectivity index (χ4n) is 3.50. The van der Waals surface area contributed by atoms with Crippen molar-refractivity contribution in [2.75, 3.05) is 37.7 Å². The summed E-state index contributed by atoms with van der Waals surface area (Å²) < 4.78 is 5.70. The second kappa shape index (κ2) is 6.89. The lowest BCUT2D eigenvalue weighted by molar-refractivity contribution is -0.0615. The predicted octanol–water partition coefficient (Wildman–Crippen LogP) is 2.18. The van der Waals surface area contributed by atoms with Crippen LogP contribution in [0.2, 0.25) is 0 Å². The summed E-state index contributed by atoms with van der Waals surface area (Å²) in [5.41, 5.74) is 0.670. The van der Waals surface area contributed by atoms with E-state index in [4.69, 9.17) is 4.74 Å². The number of amides is 2. The number of piperazine rings is 1. The Hall–Kier alpha value is -1.95. The zero-order valence-electron chi connectivity index (χ0n) is 14.5. The van der Waals surface area contributed by atoms with Gasteiger partial charge in [-0.3, -0.25) is 0 Å². The molecule has 3 rings (SSSR count). The van der Waals surface area contributed by atoms with Crippen LogP contribution in [0.3, 0.4) is 0 Å². The lowest BCUT2D eigenvalue weighted by Gasteiger charge is -2.39. The van der Waals surface area contributed by atoms with Gasteiger partial charge in [-0.2, -0.15) is 0 Å². The molecule has 24 heavy (non-hydrogen) atoms. The Bertz CT molecular complexity index is 583. The topological polar surface area (TPSA) is 65.0 Å². The fraction of sp³-hybridized carbons (Fsp3) is 0.611. The van der Waals surface area contributed by atoms with Crippen LogP contribution in [0.15, 0.2) is 24.3 Å². The number of ether oxygens (including phenoxy) is 1. The highest BCUT2D eigenvalue weighted by molar-refractivity contribution is 5.75. The van der Waals surface area contributed by atoms with E-state index in [1.165, 1.54) is 0 Å². The molecule has 2 amide bonds. The average Bonchev–Trinajstić information content (AvgIpc) is 2.54. The molecule has 0 aromatic heterocycles. The van der Waals surface area contributed by atoms with Crippen molar-refractivity contribution in [1.82, 2.24) is 10.2 Å². The minimum Gasteiger partial charge on any atom is -0.506 e. The molecule has 132 valence electrons. The molecule has 1 atom stereocenters. The molecule has 0 saturated carbocycles. The molecule has 0 aliphatic carbocycles. The third-order valence-corrected chi connectivity index (χ3v) is 4.81. The van der Waals surface area contributed by atoms with Crippen molar-refractivity contribution in [1.29, 1.82) is 0 Å². The van der Waals surface area contributed by atoms with Gasteiger partial charge in [0.05, 0.1) is 11.3 Å². The van der Waals surface area contributed by atoms with Crippen LogP contribution in [-0.2, 0) is 4.74 Å². The van der Waals surface area contributed by atoms with Crippen molar-refractivity contribution in [3.8, 4) is 5.75 Å². The Morgan fingerprint density at radius 2 is 1.96 bits per heavy atom. The number of nitrogens with zero attached hydrogens (tertiary/aromatic N) is 2. The Morgan fingerprint density at radius 1 is 1.25 bits per heavy atom. The van der Waals surface area contributed by atoms with Gasteiger partial charge in [-0.25, -0.2) is 4.79 Å². The number of nitrogens with one attached hydrogen (secondary N) is 1. The highest BCUT2D eigenvalue weighted by Crippen LogP contribution is 2.27. The van der Waals surface area contributed by atoms with Crippen LogP contribution in [0.1, 0.15) is 26.7 Å². The number of anilines is 1. The first-order chi connectivity index (χ1) is 11.4. The lowest BCUT2D eigenvalue weighted by Crippen LogP contribution is -2.55. The number of aromatic hydroxyl groups is 1. The van der Waals surface area contributed by atoms with Crippen LogP contribution >= 0.6 is 0 Å². The number of phenols is 1. The molecule has 6 heteroatoms. The van der Waals surface area contributed by atoms with Crippen LogP contribution < -0.4 is 10.2 Å². The fourth-order valence-corrected chi connectivity index (χ4v) is 3.50. The summed E-state index contributed by atoms with van der Waals surface area (Å²) in [5.74, 6) is 0.292. The van der Waals surface area contributed by atoms with E-state index in [1.54, 1.807) is 6.07 Å².